The van der Waals surface area contributed by atoms with Gasteiger partial charge in [0.1, 0.15) is 0 Å². The minimum atomic E-state index is -1.75. The standard InChI is InChI=1S/C24H22N4.Cu.3NO3/c1-4-14-25-21(7-1)17-20-10-12-24(13-11-20)28(18-22-8-2-5-15-26-22)19-23-9-3-6-16-27-23;;3*2-1(3)4/h1-16H,17-19H2;;;;/q;+2;3*-1/p+1. The molecule has 41 heavy (non-hydrogen) atoms. The first-order valence-corrected chi connectivity index (χ1v) is 11.1. The number of pyridine rings is 3. The number of aromatic amines is 1. The zero-order valence-electron chi connectivity index (χ0n) is 21.0. The first-order chi connectivity index (χ1) is 19.1. The molecule has 4 aromatic rings. The van der Waals surface area contributed by atoms with Crippen LogP contribution in [0.2, 0.25) is 0 Å². The molecule has 0 aliphatic rings. The zero-order chi connectivity index (χ0) is 29.8. The summed E-state index contributed by atoms with van der Waals surface area (Å²) in [7, 11) is 0. The molecule has 3 aromatic heterocycles. The maximum Gasteiger partial charge on any atom is 2.00 e. The molecule has 0 atom stereocenters. The van der Waals surface area contributed by atoms with Crippen LogP contribution in [0.25, 0.3) is 0 Å². The van der Waals surface area contributed by atoms with Crippen LogP contribution in [0.3, 0.4) is 0 Å². The largest absolute Gasteiger partial charge is 2.00 e. The van der Waals surface area contributed by atoms with Crippen LogP contribution in [0.1, 0.15) is 22.6 Å². The number of H-pyrrole nitrogens is 1. The van der Waals surface area contributed by atoms with Gasteiger partial charge in [-0.2, -0.15) is 0 Å². The summed E-state index contributed by atoms with van der Waals surface area (Å²) < 4.78 is 0. The molecule has 17 heteroatoms. The van der Waals surface area contributed by atoms with Gasteiger partial charge < -0.3 is 50.9 Å². The Balaban J connectivity index is 0.00000105. The van der Waals surface area contributed by atoms with Crippen molar-refractivity contribution in [2.24, 2.45) is 0 Å². The van der Waals surface area contributed by atoms with E-state index in [1.807, 2.05) is 48.9 Å². The smallest absolute Gasteiger partial charge is 0.360 e. The molecule has 16 nitrogen and oxygen atoms in total. The molecule has 219 valence electrons. The summed E-state index contributed by atoms with van der Waals surface area (Å²) in [5, 5.41) is 44.2. The Morgan fingerprint density at radius 3 is 1.44 bits per heavy atom. The van der Waals surface area contributed by atoms with Crippen LogP contribution >= 0.6 is 0 Å². The molecule has 0 bridgehead atoms. The van der Waals surface area contributed by atoms with Gasteiger partial charge in [0.2, 0.25) is 0 Å². The Labute approximate surface area is 243 Å². The number of hydrogen-bond acceptors (Lipinski definition) is 12. The molecule has 0 spiro atoms. The van der Waals surface area contributed by atoms with Crippen LogP contribution < -0.4 is 9.88 Å². The summed E-state index contributed by atoms with van der Waals surface area (Å²) in [6.07, 6.45) is 6.54. The molecule has 3 heterocycles. The topological polar surface area (TPSA) is 242 Å². The average molecular weight is 617 g/mol. The Kier molecular flexibility index (Phi) is 17.8. The normalized spacial score (nSPS) is 8.98. The number of nitrogens with zero attached hydrogens (tertiary/aromatic N) is 6. The van der Waals surface area contributed by atoms with E-state index in [-0.39, 0.29) is 17.1 Å². The summed E-state index contributed by atoms with van der Waals surface area (Å²) in [5.74, 6) is 0. The van der Waals surface area contributed by atoms with Crippen LogP contribution in [0, 0.1) is 46.0 Å². The Morgan fingerprint density at radius 2 is 1.07 bits per heavy atom. The van der Waals surface area contributed by atoms with Gasteiger partial charge in [-0.15, -0.1) is 0 Å². The van der Waals surface area contributed by atoms with Gasteiger partial charge in [-0.05, 0) is 42.0 Å². The third-order valence-corrected chi connectivity index (χ3v) is 4.63. The van der Waals surface area contributed by atoms with E-state index in [1.165, 1.54) is 11.3 Å². The number of hydrogen-bond donors (Lipinski definition) is 0. The summed E-state index contributed by atoms with van der Waals surface area (Å²) in [4.78, 5) is 39.3. The monoisotopic (exact) mass is 616 g/mol. The van der Waals surface area contributed by atoms with E-state index in [4.69, 9.17) is 46.0 Å². The van der Waals surface area contributed by atoms with E-state index >= 15 is 0 Å². The van der Waals surface area contributed by atoms with Crippen LogP contribution in [-0.4, -0.2) is 25.2 Å². The fourth-order valence-corrected chi connectivity index (χ4v) is 3.20. The molecule has 0 saturated carbocycles. The quantitative estimate of drug-likeness (QED) is 0.165. The second kappa shape index (κ2) is 20.5. The van der Waals surface area contributed by atoms with Crippen molar-refractivity contribution in [3.63, 3.8) is 0 Å². The van der Waals surface area contributed by atoms with Crippen LogP contribution in [0.15, 0.2) is 97.5 Å². The maximum atomic E-state index is 8.25. The van der Waals surface area contributed by atoms with E-state index in [2.05, 4.69) is 68.4 Å². The third kappa shape index (κ3) is 18.5. The fraction of sp³-hybridized carbons (Fsp3) is 0.125. The fourth-order valence-electron chi connectivity index (χ4n) is 3.20. The maximum absolute atomic E-state index is 8.25. The molecular formula is C24H23CuN7O9. The molecule has 0 saturated heterocycles. The third-order valence-electron chi connectivity index (χ3n) is 4.63. The van der Waals surface area contributed by atoms with Crippen molar-refractivity contribution in [2.45, 2.75) is 19.5 Å². The van der Waals surface area contributed by atoms with E-state index in [9.17, 15) is 0 Å². The summed E-state index contributed by atoms with van der Waals surface area (Å²) in [5.41, 5.74) is 5.73. The number of benzene rings is 1. The predicted octanol–water partition coefficient (Wildman–Crippen LogP) is 3.37. The Morgan fingerprint density at radius 1 is 0.634 bits per heavy atom. The SMILES string of the molecule is O=[N+]([O-])[O-].O=[N+]([O-])[O-].O=[N+]([O-])[O-].[Cu+2].c1ccc(CN(Cc2ccccn2)c2ccc(Cc3cccc[nH+]3)cc2)nc1. The Hall–Kier alpha value is -5.41. The predicted molar refractivity (Wildman–Crippen MR) is 142 cm³/mol. The van der Waals surface area contributed by atoms with Crippen molar-refractivity contribution >= 4 is 5.69 Å². The van der Waals surface area contributed by atoms with Crippen molar-refractivity contribution < 1.29 is 37.3 Å². The van der Waals surface area contributed by atoms with Crippen LogP contribution in [0.4, 0.5) is 5.69 Å². The molecular weight excluding hydrogens is 594 g/mol. The van der Waals surface area contributed by atoms with Gasteiger partial charge in [-0.3, -0.25) is 9.97 Å². The van der Waals surface area contributed by atoms with Crippen molar-refractivity contribution in [1.29, 1.82) is 0 Å². The molecule has 0 aliphatic carbocycles. The summed E-state index contributed by atoms with van der Waals surface area (Å²) in [6, 6.07) is 27.0. The second-order valence-electron chi connectivity index (χ2n) is 7.40. The van der Waals surface area contributed by atoms with Crippen molar-refractivity contribution in [3.8, 4) is 0 Å². The van der Waals surface area contributed by atoms with E-state index < -0.39 is 15.3 Å². The first-order valence-electron chi connectivity index (χ1n) is 11.1. The van der Waals surface area contributed by atoms with E-state index in [1.54, 1.807) is 0 Å². The van der Waals surface area contributed by atoms with Crippen LogP contribution in [0.5, 0.6) is 0 Å². The molecule has 0 unspecified atom stereocenters. The molecule has 4 rings (SSSR count). The van der Waals surface area contributed by atoms with Crippen molar-refractivity contribution in [2.75, 3.05) is 4.90 Å². The average Bonchev–Trinajstić information content (AvgIpc) is 2.90. The zero-order valence-corrected chi connectivity index (χ0v) is 22.0. The Bertz CT molecular complexity index is 1210. The molecule has 0 fully saturated rings. The molecule has 1 radical (unpaired) electrons. The number of rotatable bonds is 7. The van der Waals surface area contributed by atoms with Crippen molar-refractivity contribution in [3.05, 3.63) is 166 Å². The number of nitrogens with one attached hydrogen (secondary N) is 1. The molecule has 1 aromatic carbocycles. The van der Waals surface area contributed by atoms with Gasteiger partial charge in [0.05, 0.1) is 46.2 Å². The first kappa shape index (κ1) is 35.6. The van der Waals surface area contributed by atoms with Crippen molar-refractivity contribution in [1.82, 2.24) is 9.97 Å². The summed E-state index contributed by atoms with van der Waals surface area (Å²) in [6.45, 7) is 1.48. The summed E-state index contributed by atoms with van der Waals surface area (Å²) >= 11 is 0. The van der Waals surface area contributed by atoms with Gasteiger partial charge in [0.25, 0.3) is 0 Å². The van der Waals surface area contributed by atoms with Crippen LogP contribution in [-0.2, 0) is 36.6 Å². The van der Waals surface area contributed by atoms with E-state index in [0.29, 0.717) is 0 Å². The van der Waals surface area contributed by atoms with Gasteiger partial charge in [0.15, 0.2) is 11.9 Å². The minimum absolute atomic E-state index is 0. The van der Waals surface area contributed by atoms with Gasteiger partial charge in [-0.25, -0.2) is 4.98 Å². The van der Waals surface area contributed by atoms with E-state index in [0.717, 1.165) is 36.6 Å². The number of anilines is 1. The molecule has 0 amide bonds. The minimum Gasteiger partial charge on any atom is -0.360 e. The molecule has 1 N–H and O–H groups in total. The van der Waals surface area contributed by atoms with Gasteiger partial charge >= 0.3 is 17.1 Å². The van der Waals surface area contributed by atoms with Gasteiger partial charge in [0, 0.05) is 30.2 Å². The number of aromatic nitrogens is 3. The van der Waals surface area contributed by atoms with Gasteiger partial charge in [-0.1, -0.05) is 30.3 Å². The second-order valence-corrected chi connectivity index (χ2v) is 7.40. The molecule has 0 aliphatic heterocycles.